The van der Waals surface area contributed by atoms with E-state index >= 15 is 0 Å². The van der Waals surface area contributed by atoms with Crippen molar-refractivity contribution in [2.24, 2.45) is 11.3 Å². The lowest BCUT2D eigenvalue weighted by Crippen LogP contribution is -2.51. The Kier molecular flexibility index (Phi) is 5.70. The normalized spacial score (nSPS) is 14.8. The van der Waals surface area contributed by atoms with E-state index in [-0.39, 0.29) is 11.1 Å². The molecule has 0 radical (unpaired) electrons. The molecule has 17 heavy (non-hydrogen) atoms. The highest BCUT2D eigenvalue weighted by Gasteiger charge is 2.37. The van der Waals surface area contributed by atoms with Gasteiger partial charge in [-0.15, -0.1) is 0 Å². The lowest BCUT2D eigenvalue weighted by Gasteiger charge is -2.49. The van der Waals surface area contributed by atoms with Gasteiger partial charge in [0.2, 0.25) is 0 Å². The van der Waals surface area contributed by atoms with Crippen LogP contribution in [0.15, 0.2) is 0 Å². The summed E-state index contributed by atoms with van der Waals surface area (Å²) in [5.74, 6) is 0.735. The topological polar surface area (TPSA) is 3.24 Å². The van der Waals surface area contributed by atoms with E-state index in [1.54, 1.807) is 0 Å². The molecule has 0 aliphatic heterocycles. The first-order chi connectivity index (χ1) is 7.28. The second kappa shape index (κ2) is 5.57. The molecule has 0 aromatic carbocycles. The van der Waals surface area contributed by atoms with Gasteiger partial charge in [0.15, 0.2) is 0 Å². The van der Waals surface area contributed by atoms with E-state index in [4.69, 9.17) is 0 Å². The van der Waals surface area contributed by atoms with Gasteiger partial charge < -0.3 is 0 Å². The minimum absolute atomic E-state index is 0.210. The maximum Gasteiger partial charge on any atom is 0.0195 e. The summed E-state index contributed by atoms with van der Waals surface area (Å²) in [7, 11) is 2.97. The standard InChI is InChI=1S/C15H34NP/c1-12(2)10-14(6,7)16(17)15(8,9)11-13(3,4)5/h12H,10-11,17H2,1-9H3. The SMILES string of the molecule is CC(C)CC(C)(C)N(P)C(C)(C)CC(C)(C)C. The third kappa shape index (κ3) is 6.20. The summed E-state index contributed by atoms with van der Waals surface area (Å²) in [6, 6.07) is 0. The third-order valence-electron chi connectivity index (χ3n) is 3.18. The smallest absolute Gasteiger partial charge is 0.0195 e. The van der Waals surface area contributed by atoms with Gasteiger partial charge in [-0.3, -0.25) is 4.67 Å². The van der Waals surface area contributed by atoms with Gasteiger partial charge in [0.05, 0.1) is 0 Å². The monoisotopic (exact) mass is 259 g/mol. The first-order valence-corrected chi connectivity index (χ1v) is 7.35. The van der Waals surface area contributed by atoms with Gasteiger partial charge in [-0.1, -0.05) is 44.0 Å². The van der Waals surface area contributed by atoms with Gasteiger partial charge in [0.1, 0.15) is 0 Å². The van der Waals surface area contributed by atoms with E-state index in [1.807, 2.05) is 0 Å². The molecule has 0 N–H and O–H groups in total. The van der Waals surface area contributed by atoms with E-state index in [2.05, 4.69) is 76.4 Å². The molecule has 0 spiro atoms. The molecular weight excluding hydrogens is 225 g/mol. The molecule has 0 bridgehead atoms. The summed E-state index contributed by atoms with van der Waals surface area (Å²) < 4.78 is 2.49. The summed E-state index contributed by atoms with van der Waals surface area (Å²) >= 11 is 0. The van der Waals surface area contributed by atoms with Gasteiger partial charge in [-0.25, -0.2) is 0 Å². The number of rotatable bonds is 5. The van der Waals surface area contributed by atoms with Crippen LogP contribution in [0.4, 0.5) is 0 Å². The van der Waals surface area contributed by atoms with Crippen molar-refractivity contribution in [1.82, 2.24) is 4.67 Å². The molecule has 0 aliphatic rings. The van der Waals surface area contributed by atoms with E-state index in [0.29, 0.717) is 5.41 Å². The molecule has 0 saturated heterocycles. The van der Waals surface area contributed by atoms with Crippen molar-refractivity contribution in [3.05, 3.63) is 0 Å². The maximum atomic E-state index is 2.97. The van der Waals surface area contributed by atoms with E-state index < -0.39 is 0 Å². The molecule has 2 heteroatoms. The average Bonchev–Trinajstić information content (AvgIpc) is 1.95. The molecule has 0 saturated carbocycles. The van der Waals surface area contributed by atoms with Gasteiger partial charge in [0, 0.05) is 11.1 Å². The maximum absolute atomic E-state index is 2.97. The summed E-state index contributed by atoms with van der Waals surface area (Å²) in [5, 5.41) is 0. The van der Waals surface area contributed by atoms with Crippen LogP contribution in [0.3, 0.4) is 0 Å². The molecule has 1 nitrogen and oxygen atoms in total. The van der Waals surface area contributed by atoms with Crippen LogP contribution in [0.25, 0.3) is 0 Å². The highest BCUT2D eigenvalue weighted by molar-refractivity contribution is 7.13. The molecule has 0 amide bonds. The van der Waals surface area contributed by atoms with Gasteiger partial charge in [-0.2, -0.15) is 0 Å². The summed E-state index contributed by atoms with van der Waals surface area (Å²) in [5.41, 5.74) is 0.807. The van der Waals surface area contributed by atoms with Crippen molar-refractivity contribution in [2.75, 3.05) is 0 Å². The number of nitrogens with zero attached hydrogens (tertiary/aromatic N) is 1. The minimum atomic E-state index is 0.210. The van der Waals surface area contributed by atoms with Crippen LogP contribution in [-0.2, 0) is 0 Å². The summed E-state index contributed by atoms with van der Waals surface area (Å²) in [6.07, 6.45) is 2.43. The van der Waals surface area contributed by atoms with Crippen molar-refractivity contribution in [3.8, 4) is 0 Å². The van der Waals surface area contributed by atoms with Crippen molar-refractivity contribution in [3.63, 3.8) is 0 Å². The van der Waals surface area contributed by atoms with Crippen molar-refractivity contribution in [1.29, 1.82) is 0 Å². The predicted molar refractivity (Wildman–Crippen MR) is 83.2 cm³/mol. The van der Waals surface area contributed by atoms with E-state index in [0.717, 1.165) is 5.92 Å². The van der Waals surface area contributed by atoms with Gasteiger partial charge >= 0.3 is 0 Å². The fourth-order valence-electron chi connectivity index (χ4n) is 3.30. The predicted octanol–water partition coefficient (Wildman–Crippen LogP) is 5.12. The Labute approximate surface area is 112 Å². The Morgan fingerprint density at radius 1 is 0.882 bits per heavy atom. The van der Waals surface area contributed by atoms with Crippen LogP contribution in [0.2, 0.25) is 0 Å². The highest BCUT2D eigenvalue weighted by Crippen LogP contribution is 2.39. The molecule has 104 valence electrons. The molecule has 0 heterocycles. The fourth-order valence-corrected chi connectivity index (χ4v) is 3.50. The Hall–Kier alpha value is 0.390. The van der Waals surface area contributed by atoms with Crippen LogP contribution in [0.1, 0.15) is 75.2 Å². The van der Waals surface area contributed by atoms with Crippen LogP contribution in [0.5, 0.6) is 0 Å². The molecule has 0 fully saturated rings. The van der Waals surface area contributed by atoms with Gasteiger partial charge in [-0.05, 0) is 51.9 Å². The van der Waals surface area contributed by atoms with Crippen molar-refractivity contribution < 1.29 is 0 Å². The molecular formula is C15H34NP. The lowest BCUT2D eigenvalue weighted by atomic mass is 9.79. The second-order valence-electron chi connectivity index (χ2n) is 8.33. The number of hydrogen-bond donors (Lipinski definition) is 0. The molecule has 0 rings (SSSR count). The Morgan fingerprint density at radius 2 is 1.29 bits per heavy atom. The number of hydrogen-bond acceptors (Lipinski definition) is 1. The van der Waals surface area contributed by atoms with E-state index in [9.17, 15) is 0 Å². The first-order valence-electron chi connectivity index (χ1n) is 6.83. The summed E-state index contributed by atoms with van der Waals surface area (Å²) in [6.45, 7) is 21.0. The van der Waals surface area contributed by atoms with Crippen molar-refractivity contribution >= 4 is 9.39 Å². The first kappa shape index (κ1) is 17.4. The quantitative estimate of drug-likeness (QED) is 0.619. The Morgan fingerprint density at radius 3 is 1.59 bits per heavy atom. The zero-order valence-electron chi connectivity index (χ0n) is 13.5. The summed E-state index contributed by atoms with van der Waals surface area (Å²) in [4.78, 5) is 0. The Bertz CT molecular complexity index is 236. The average molecular weight is 259 g/mol. The van der Waals surface area contributed by atoms with Crippen molar-refractivity contribution in [2.45, 2.75) is 86.2 Å². The molecule has 1 atom stereocenters. The van der Waals surface area contributed by atoms with E-state index in [1.165, 1.54) is 12.8 Å². The van der Waals surface area contributed by atoms with Crippen LogP contribution in [0, 0.1) is 11.3 Å². The zero-order valence-corrected chi connectivity index (χ0v) is 14.7. The van der Waals surface area contributed by atoms with Crippen LogP contribution >= 0.6 is 9.39 Å². The zero-order chi connectivity index (χ0) is 14.1. The largest absolute Gasteiger partial charge is 0.277 e. The van der Waals surface area contributed by atoms with Crippen LogP contribution in [-0.4, -0.2) is 15.7 Å². The Balaban J connectivity index is 4.82. The molecule has 0 aliphatic carbocycles. The third-order valence-corrected chi connectivity index (χ3v) is 4.57. The fraction of sp³-hybridized carbons (Fsp3) is 1.00. The minimum Gasteiger partial charge on any atom is -0.277 e. The van der Waals surface area contributed by atoms with Gasteiger partial charge in [0.25, 0.3) is 0 Å². The second-order valence-corrected chi connectivity index (χ2v) is 8.85. The van der Waals surface area contributed by atoms with Crippen LogP contribution < -0.4 is 0 Å². The molecule has 0 aromatic rings. The highest BCUT2D eigenvalue weighted by atomic mass is 31.0. The molecule has 1 unspecified atom stereocenters. The lowest BCUT2D eigenvalue weighted by molar-refractivity contribution is 0.0727. The molecule has 0 aromatic heterocycles.